The van der Waals surface area contributed by atoms with Crippen LogP contribution in [0.15, 0.2) is 18.2 Å². The molecule has 8 heteroatoms. The molecule has 5 nitrogen and oxygen atoms in total. The molecule has 3 N–H and O–H groups in total. The van der Waals surface area contributed by atoms with Crippen LogP contribution in [0.3, 0.4) is 0 Å². The van der Waals surface area contributed by atoms with Crippen LogP contribution in [0.1, 0.15) is 6.42 Å². The van der Waals surface area contributed by atoms with Crippen LogP contribution in [0.2, 0.25) is 0 Å². The predicted molar refractivity (Wildman–Crippen MR) is 65.2 cm³/mol. The van der Waals surface area contributed by atoms with Gasteiger partial charge >= 0.3 is 10.2 Å². The van der Waals surface area contributed by atoms with Crippen LogP contribution in [0.5, 0.6) is 0 Å². The van der Waals surface area contributed by atoms with Crippen molar-refractivity contribution >= 4 is 15.9 Å². The third-order valence-electron chi connectivity index (χ3n) is 2.26. The van der Waals surface area contributed by atoms with Crippen LogP contribution in [0.25, 0.3) is 0 Å². The summed E-state index contributed by atoms with van der Waals surface area (Å²) in [5.74, 6) is -1.74. The Morgan fingerprint density at radius 1 is 1.39 bits per heavy atom. The lowest BCUT2D eigenvalue weighted by Crippen LogP contribution is -2.34. The van der Waals surface area contributed by atoms with Crippen molar-refractivity contribution in [3.8, 4) is 0 Å². The molecule has 0 bridgehead atoms. The summed E-state index contributed by atoms with van der Waals surface area (Å²) in [5.41, 5.74) is 4.97. The molecule has 0 aliphatic carbocycles. The molecule has 0 aliphatic rings. The highest BCUT2D eigenvalue weighted by Gasteiger charge is 2.18. The number of hydrogen-bond acceptors (Lipinski definition) is 3. The van der Waals surface area contributed by atoms with Crippen molar-refractivity contribution in [1.29, 1.82) is 0 Å². The Morgan fingerprint density at radius 2 is 2.06 bits per heavy atom. The van der Waals surface area contributed by atoms with Crippen molar-refractivity contribution in [3.05, 3.63) is 29.8 Å². The molecule has 1 aromatic carbocycles. The van der Waals surface area contributed by atoms with Gasteiger partial charge in [0.15, 0.2) is 0 Å². The van der Waals surface area contributed by atoms with Gasteiger partial charge in [-0.25, -0.2) is 8.78 Å². The summed E-state index contributed by atoms with van der Waals surface area (Å²) >= 11 is 0. The highest BCUT2D eigenvalue weighted by Crippen LogP contribution is 2.17. The molecule has 0 fully saturated rings. The molecule has 0 radical (unpaired) electrons. The van der Waals surface area contributed by atoms with Crippen LogP contribution in [-0.2, 0) is 10.2 Å². The quantitative estimate of drug-likeness (QED) is 0.812. The van der Waals surface area contributed by atoms with Crippen molar-refractivity contribution in [2.24, 2.45) is 5.73 Å². The molecule has 0 aliphatic heterocycles. The Hall–Kier alpha value is -1.25. The zero-order valence-electron chi connectivity index (χ0n) is 9.86. The van der Waals surface area contributed by atoms with Gasteiger partial charge in [-0.1, -0.05) is 0 Å². The number of nitrogens with two attached hydrogens (primary N) is 1. The van der Waals surface area contributed by atoms with Crippen LogP contribution in [-0.4, -0.2) is 32.9 Å². The molecular weight excluding hydrogens is 264 g/mol. The summed E-state index contributed by atoms with van der Waals surface area (Å²) in [4.78, 5) is 0. The lowest BCUT2D eigenvalue weighted by Gasteiger charge is -2.18. The first-order chi connectivity index (χ1) is 8.36. The number of nitrogens with zero attached hydrogens (tertiary/aromatic N) is 1. The van der Waals surface area contributed by atoms with Gasteiger partial charge in [-0.2, -0.15) is 12.7 Å². The van der Waals surface area contributed by atoms with Crippen molar-refractivity contribution in [1.82, 2.24) is 4.31 Å². The van der Waals surface area contributed by atoms with Crippen molar-refractivity contribution in [2.45, 2.75) is 6.42 Å². The summed E-state index contributed by atoms with van der Waals surface area (Å²) in [6.45, 7) is 0.569. The maximum Gasteiger partial charge on any atom is 0.301 e. The Kier molecular flexibility index (Phi) is 5.00. The zero-order valence-corrected chi connectivity index (χ0v) is 10.7. The van der Waals surface area contributed by atoms with E-state index in [1.807, 2.05) is 4.72 Å². The second kappa shape index (κ2) is 6.07. The number of benzene rings is 1. The second-order valence-electron chi connectivity index (χ2n) is 3.70. The van der Waals surface area contributed by atoms with Gasteiger partial charge < -0.3 is 5.73 Å². The highest BCUT2D eigenvalue weighted by atomic mass is 32.2. The number of rotatable bonds is 6. The smallest absolute Gasteiger partial charge is 0.301 e. The van der Waals surface area contributed by atoms with Gasteiger partial charge in [-0.3, -0.25) is 4.72 Å². The average Bonchev–Trinajstić information content (AvgIpc) is 2.29. The molecule has 0 spiro atoms. The van der Waals surface area contributed by atoms with Gasteiger partial charge in [-0.05, 0) is 25.1 Å². The van der Waals surface area contributed by atoms with Crippen molar-refractivity contribution in [2.75, 3.05) is 24.9 Å². The van der Waals surface area contributed by atoms with E-state index in [0.29, 0.717) is 19.0 Å². The van der Waals surface area contributed by atoms with Gasteiger partial charge in [0.05, 0.1) is 5.69 Å². The minimum atomic E-state index is -3.86. The molecule has 0 heterocycles. The minimum absolute atomic E-state index is 0.217. The molecular formula is C10H15F2N3O2S. The van der Waals surface area contributed by atoms with Crippen LogP contribution in [0, 0.1) is 11.6 Å². The van der Waals surface area contributed by atoms with E-state index in [1.165, 1.54) is 7.05 Å². The highest BCUT2D eigenvalue weighted by molar-refractivity contribution is 7.90. The minimum Gasteiger partial charge on any atom is -0.330 e. The fourth-order valence-corrected chi connectivity index (χ4v) is 2.19. The summed E-state index contributed by atoms with van der Waals surface area (Å²) in [7, 11) is -2.51. The second-order valence-corrected chi connectivity index (χ2v) is 5.47. The van der Waals surface area contributed by atoms with Gasteiger partial charge in [0.2, 0.25) is 0 Å². The third kappa shape index (κ3) is 3.90. The first-order valence-corrected chi connectivity index (χ1v) is 6.70. The van der Waals surface area contributed by atoms with Crippen molar-refractivity contribution < 1.29 is 17.2 Å². The Balaban J connectivity index is 2.82. The summed E-state index contributed by atoms with van der Waals surface area (Å²) in [6.07, 6.45) is 0.489. The first-order valence-electron chi connectivity index (χ1n) is 5.26. The van der Waals surface area contributed by atoms with E-state index < -0.39 is 21.8 Å². The summed E-state index contributed by atoms with van der Waals surface area (Å²) < 4.78 is 52.5. The topological polar surface area (TPSA) is 75.4 Å². The fraction of sp³-hybridized carbons (Fsp3) is 0.400. The Labute approximate surface area is 105 Å². The van der Waals surface area contributed by atoms with E-state index in [0.717, 1.165) is 16.4 Å². The maximum absolute atomic E-state index is 13.3. The summed E-state index contributed by atoms with van der Waals surface area (Å²) in [6, 6.07) is 2.61. The maximum atomic E-state index is 13.3. The standard InChI is InChI=1S/C10H15F2N3O2S/c1-15(6-2-5-13)18(16,17)14-10-4-3-8(11)7-9(10)12/h3-4,7,14H,2,5-6,13H2,1H3. The zero-order chi connectivity index (χ0) is 13.8. The SMILES string of the molecule is CN(CCCN)S(=O)(=O)Nc1ccc(F)cc1F. The molecule has 0 unspecified atom stereocenters. The largest absolute Gasteiger partial charge is 0.330 e. The molecule has 0 atom stereocenters. The first kappa shape index (κ1) is 14.8. The average molecular weight is 279 g/mol. The normalized spacial score (nSPS) is 11.8. The van der Waals surface area contributed by atoms with Crippen LogP contribution in [0.4, 0.5) is 14.5 Å². The van der Waals surface area contributed by atoms with E-state index in [1.54, 1.807) is 0 Å². The van der Waals surface area contributed by atoms with Crippen LogP contribution < -0.4 is 10.5 Å². The van der Waals surface area contributed by atoms with E-state index in [-0.39, 0.29) is 12.2 Å². The Bertz CT molecular complexity index is 508. The molecule has 0 aromatic heterocycles. The monoisotopic (exact) mass is 279 g/mol. The molecule has 102 valence electrons. The van der Waals surface area contributed by atoms with E-state index in [9.17, 15) is 17.2 Å². The van der Waals surface area contributed by atoms with Crippen molar-refractivity contribution in [3.63, 3.8) is 0 Å². The predicted octanol–water partition coefficient (Wildman–Crippen LogP) is 0.902. The number of nitrogens with one attached hydrogen (secondary N) is 1. The van der Waals surface area contributed by atoms with Gasteiger partial charge in [0.25, 0.3) is 0 Å². The number of anilines is 1. The molecule has 18 heavy (non-hydrogen) atoms. The molecule has 0 saturated heterocycles. The lowest BCUT2D eigenvalue weighted by atomic mass is 10.3. The molecule has 1 aromatic rings. The van der Waals surface area contributed by atoms with Crippen LogP contribution >= 0.6 is 0 Å². The fourth-order valence-electron chi connectivity index (χ4n) is 1.22. The Morgan fingerprint density at radius 3 is 2.61 bits per heavy atom. The van der Waals surface area contributed by atoms with E-state index in [2.05, 4.69) is 0 Å². The van der Waals surface area contributed by atoms with Gasteiger partial charge in [-0.15, -0.1) is 0 Å². The molecule has 1 rings (SSSR count). The molecule has 0 saturated carbocycles. The number of halogens is 2. The third-order valence-corrected chi connectivity index (χ3v) is 3.74. The van der Waals surface area contributed by atoms with Gasteiger partial charge in [0, 0.05) is 19.7 Å². The number of hydrogen-bond donors (Lipinski definition) is 2. The summed E-state index contributed by atoms with van der Waals surface area (Å²) in [5, 5.41) is 0. The van der Waals surface area contributed by atoms with E-state index in [4.69, 9.17) is 5.73 Å². The van der Waals surface area contributed by atoms with Gasteiger partial charge in [0.1, 0.15) is 11.6 Å². The molecule has 0 amide bonds. The lowest BCUT2D eigenvalue weighted by molar-refractivity contribution is 0.468. The van der Waals surface area contributed by atoms with E-state index >= 15 is 0 Å².